The van der Waals surface area contributed by atoms with Crippen molar-refractivity contribution in [1.82, 2.24) is 13.9 Å². The van der Waals surface area contributed by atoms with Gasteiger partial charge in [-0.3, -0.25) is 4.79 Å². The number of likely N-dealkylation sites (tertiary alicyclic amines) is 1. The number of hydrogen-bond acceptors (Lipinski definition) is 4. The second-order valence-corrected chi connectivity index (χ2v) is 9.00. The van der Waals surface area contributed by atoms with E-state index in [4.69, 9.17) is 4.74 Å². The molecule has 0 aromatic rings. The van der Waals surface area contributed by atoms with E-state index in [9.17, 15) is 13.2 Å². The van der Waals surface area contributed by atoms with Crippen LogP contribution in [0.25, 0.3) is 0 Å². The Balaban J connectivity index is 1.47. The maximum absolute atomic E-state index is 12.4. The summed E-state index contributed by atoms with van der Waals surface area (Å²) in [6, 6.07) is 0.382. The lowest BCUT2D eigenvalue weighted by Crippen LogP contribution is -2.47. The van der Waals surface area contributed by atoms with E-state index in [1.165, 1.54) is 17.1 Å². The van der Waals surface area contributed by atoms with Crippen LogP contribution in [0.2, 0.25) is 0 Å². The predicted octanol–water partition coefficient (Wildman–Crippen LogP) is 0.723. The Morgan fingerprint density at radius 3 is 2.46 bits per heavy atom. The number of amides is 1. The van der Waals surface area contributed by atoms with Crippen molar-refractivity contribution in [2.45, 2.75) is 57.1 Å². The summed E-state index contributed by atoms with van der Waals surface area (Å²) in [6.45, 7) is 2.02. The molecule has 0 bridgehead atoms. The molecule has 138 valence electrons. The van der Waals surface area contributed by atoms with Gasteiger partial charge in [-0.2, -0.15) is 12.7 Å². The quantitative estimate of drug-likeness (QED) is 0.758. The molecule has 3 aliphatic rings. The first-order chi connectivity index (χ1) is 11.5. The Hall–Kier alpha value is -0.700. The van der Waals surface area contributed by atoms with Crippen LogP contribution in [-0.2, 0) is 19.7 Å². The van der Waals surface area contributed by atoms with Gasteiger partial charge in [0, 0.05) is 45.8 Å². The van der Waals surface area contributed by atoms with Gasteiger partial charge in [0.2, 0.25) is 5.91 Å². The molecule has 1 unspecified atom stereocenters. The van der Waals surface area contributed by atoms with E-state index < -0.39 is 10.2 Å². The SMILES string of the molecule is COC1CCN(S(=O)(=O)NCC2CC(=O)N(C3CCCC3)C2)CC1. The van der Waals surface area contributed by atoms with Gasteiger partial charge in [-0.05, 0) is 31.6 Å². The molecule has 24 heavy (non-hydrogen) atoms. The minimum atomic E-state index is -3.46. The molecule has 2 heterocycles. The molecule has 1 aliphatic carbocycles. The van der Waals surface area contributed by atoms with Crippen LogP contribution < -0.4 is 4.72 Å². The Labute approximate surface area is 144 Å². The summed E-state index contributed by atoms with van der Waals surface area (Å²) in [5.41, 5.74) is 0. The summed E-state index contributed by atoms with van der Waals surface area (Å²) in [6.07, 6.45) is 6.67. The Morgan fingerprint density at radius 1 is 1.17 bits per heavy atom. The fourth-order valence-corrected chi connectivity index (χ4v) is 5.46. The van der Waals surface area contributed by atoms with Gasteiger partial charge in [0.15, 0.2) is 0 Å². The first-order valence-electron chi connectivity index (χ1n) is 9.06. The van der Waals surface area contributed by atoms with Crippen molar-refractivity contribution in [3.05, 3.63) is 0 Å². The first kappa shape index (κ1) is 18.1. The summed E-state index contributed by atoms with van der Waals surface area (Å²) in [4.78, 5) is 14.2. The van der Waals surface area contributed by atoms with Crippen LogP contribution in [0.5, 0.6) is 0 Å². The molecule has 8 heteroatoms. The van der Waals surface area contributed by atoms with Crippen molar-refractivity contribution in [3.8, 4) is 0 Å². The monoisotopic (exact) mass is 359 g/mol. The highest BCUT2D eigenvalue weighted by Crippen LogP contribution is 2.29. The molecule has 1 atom stereocenters. The van der Waals surface area contributed by atoms with Crippen LogP contribution in [0, 0.1) is 5.92 Å². The number of carbonyl (C=O) groups is 1. The number of piperidine rings is 1. The second kappa shape index (κ2) is 7.68. The fraction of sp³-hybridized carbons (Fsp3) is 0.938. The van der Waals surface area contributed by atoms with Crippen molar-refractivity contribution >= 4 is 16.1 Å². The van der Waals surface area contributed by atoms with Crippen molar-refractivity contribution < 1.29 is 17.9 Å². The maximum Gasteiger partial charge on any atom is 0.279 e. The Bertz CT molecular complexity index is 540. The molecule has 2 aliphatic heterocycles. The highest BCUT2D eigenvalue weighted by Gasteiger charge is 2.36. The summed E-state index contributed by atoms with van der Waals surface area (Å²) in [5, 5.41) is 0. The number of nitrogens with zero attached hydrogens (tertiary/aromatic N) is 2. The average molecular weight is 359 g/mol. The number of ether oxygens (including phenoxy) is 1. The van der Waals surface area contributed by atoms with Crippen molar-refractivity contribution in [1.29, 1.82) is 0 Å². The lowest BCUT2D eigenvalue weighted by molar-refractivity contribution is -0.129. The van der Waals surface area contributed by atoms with E-state index in [-0.39, 0.29) is 17.9 Å². The van der Waals surface area contributed by atoms with E-state index in [0.29, 0.717) is 38.6 Å². The van der Waals surface area contributed by atoms with Gasteiger partial charge in [0.05, 0.1) is 6.10 Å². The van der Waals surface area contributed by atoms with Gasteiger partial charge < -0.3 is 9.64 Å². The average Bonchev–Trinajstić information content (AvgIpc) is 3.22. The normalized spacial score (nSPS) is 28.1. The first-order valence-corrected chi connectivity index (χ1v) is 10.5. The lowest BCUT2D eigenvalue weighted by Gasteiger charge is -2.30. The van der Waals surface area contributed by atoms with Gasteiger partial charge >= 0.3 is 0 Å². The van der Waals surface area contributed by atoms with Crippen LogP contribution in [0.1, 0.15) is 44.9 Å². The lowest BCUT2D eigenvalue weighted by atomic mass is 10.1. The molecule has 2 saturated heterocycles. The van der Waals surface area contributed by atoms with Gasteiger partial charge in [-0.15, -0.1) is 0 Å². The Morgan fingerprint density at radius 2 is 1.83 bits per heavy atom. The molecule has 0 radical (unpaired) electrons. The van der Waals surface area contributed by atoms with Crippen LogP contribution in [-0.4, -0.2) is 69.0 Å². The zero-order valence-electron chi connectivity index (χ0n) is 14.4. The van der Waals surface area contributed by atoms with Gasteiger partial charge in [0.1, 0.15) is 0 Å². The third kappa shape index (κ3) is 4.09. The molecular formula is C16H29N3O4S. The van der Waals surface area contributed by atoms with E-state index in [0.717, 1.165) is 25.7 Å². The number of nitrogens with one attached hydrogen (secondary N) is 1. The molecule has 0 aromatic heterocycles. The molecule has 1 saturated carbocycles. The standard InChI is InChI=1S/C16H29N3O4S/c1-23-15-6-8-18(9-7-15)24(21,22)17-11-13-10-16(20)19(12-13)14-4-2-3-5-14/h13-15,17H,2-12H2,1H3. The third-order valence-electron chi connectivity index (χ3n) is 5.63. The van der Waals surface area contributed by atoms with E-state index in [1.54, 1.807) is 7.11 Å². The number of carbonyl (C=O) groups excluding carboxylic acids is 1. The molecule has 3 fully saturated rings. The summed E-state index contributed by atoms with van der Waals surface area (Å²) >= 11 is 0. The molecule has 1 N–H and O–H groups in total. The summed E-state index contributed by atoms with van der Waals surface area (Å²) < 4.78 is 34.4. The second-order valence-electron chi connectivity index (χ2n) is 7.24. The van der Waals surface area contributed by atoms with Gasteiger partial charge in [-0.25, -0.2) is 4.72 Å². The van der Waals surface area contributed by atoms with Crippen molar-refractivity contribution in [3.63, 3.8) is 0 Å². The smallest absolute Gasteiger partial charge is 0.279 e. The van der Waals surface area contributed by atoms with Crippen molar-refractivity contribution in [2.24, 2.45) is 5.92 Å². The fourth-order valence-electron chi connectivity index (χ4n) is 4.14. The zero-order valence-corrected chi connectivity index (χ0v) is 15.3. The largest absolute Gasteiger partial charge is 0.381 e. The number of rotatable bonds is 6. The predicted molar refractivity (Wildman–Crippen MR) is 90.6 cm³/mol. The van der Waals surface area contributed by atoms with Crippen LogP contribution >= 0.6 is 0 Å². The highest BCUT2D eigenvalue weighted by atomic mass is 32.2. The minimum absolute atomic E-state index is 0.0874. The van der Waals surface area contributed by atoms with Crippen molar-refractivity contribution in [2.75, 3.05) is 33.3 Å². The van der Waals surface area contributed by atoms with E-state index in [2.05, 4.69) is 4.72 Å². The molecular weight excluding hydrogens is 330 g/mol. The minimum Gasteiger partial charge on any atom is -0.381 e. The maximum atomic E-state index is 12.4. The van der Waals surface area contributed by atoms with Crippen LogP contribution in [0.4, 0.5) is 0 Å². The number of hydrogen-bond donors (Lipinski definition) is 1. The third-order valence-corrected chi connectivity index (χ3v) is 7.21. The van der Waals surface area contributed by atoms with E-state index in [1.807, 2.05) is 4.90 Å². The van der Waals surface area contributed by atoms with Gasteiger partial charge in [0.25, 0.3) is 10.2 Å². The van der Waals surface area contributed by atoms with Gasteiger partial charge in [-0.1, -0.05) is 12.8 Å². The van der Waals surface area contributed by atoms with Crippen LogP contribution in [0.15, 0.2) is 0 Å². The molecule has 0 spiro atoms. The molecule has 1 amide bonds. The Kier molecular flexibility index (Phi) is 5.79. The summed E-state index contributed by atoms with van der Waals surface area (Å²) in [5.74, 6) is 0.274. The topological polar surface area (TPSA) is 79.0 Å². The molecule has 7 nitrogen and oxygen atoms in total. The number of methoxy groups -OCH3 is 1. The summed E-state index contributed by atoms with van der Waals surface area (Å²) in [7, 11) is -1.79. The zero-order chi connectivity index (χ0) is 17.2. The van der Waals surface area contributed by atoms with E-state index >= 15 is 0 Å². The highest BCUT2D eigenvalue weighted by molar-refractivity contribution is 7.87. The van der Waals surface area contributed by atoms with Crippen LogP contribution in [0.3, 0.4) is 0 Å². The molecule has 3 rings (SSSR count). The molecule has 0 aromatic carbocycles.